The van der Waals surface area contributed by atoms with Crippen LogP contribution in [0.15, 0.2) is 18.2 Å². The molecule has 98 valence electrons. The van der Waals surface area contributed by atoms with Crippen LogP contribution in [0.25, 0.3) is 0 Å². The van der Waals surface area contributed by atoms with Crippen LogP contribution in [0.3, 0.4) is 0 Å². The molecule has 1 aromatic carbocycles. The number of halogens is 3. The number of hydrogen-bond donors (Lipinski definition) is 1. The van der Waals surface area contributed by atoms with Gasteiger partial charge >= 0.3 is 6.18 Å². The number of aromatic hydroxyl groups is 1. The second-order valence-electron chi connectivity index (χ2n) is 4.31. The molecule has 0 bridgehead atoms. The van der Waals surface area contributed by atoms with Crippen molar-refractivity contribution in [3.8, 4) is 5.75 Å². The zero-order valence-corrected chi connectivity index (χ0v) is 9.50. The summed E-state index contributed by atoms with van der Waals surface area (Å²) in [6.07, 6.45) is -5.39. The van der Waals surface area contributed by atoms with E-state index in [4.69, 9.17) is 0 Å². The molecule has 6 heteroatoms. The maximum absolute atomic E-state index is 12.1. The van der Waals surface area contributed by atoms with E-state index in [1.54, 1.807) is 6.07 Å². The average Bonchev–Trinajstić information content (AvgIpc) is 2.25. The normalized spacial score (nSPS) is 15.4. The molecule has 1 aliphatic heterocycles. The SMILES string of the molecule is O=C(CC(F)(F)F)N1CCc2ccc(O)cc2C1. The highest BCUT2D eigenvalue weighted by atomic mass is 19.4. The first kappa shape index (κ1) is 12.7. The summed E-state index contributed by atoms with van der Waals surface area (Å²) in [5.74, 6) is -0.865. The third-order valence-corrected chi connectivity index (χ3v) is 2.91. The molecule has 0 unspecified atom stereocenters. The smallest absolute Gasteiger partial charge is 0.397 e. The zero-order valence-electron chi connectivity index (χ0n) is 9.50. The molecular weight excluding hydrogens is 247 g/mol. The Hall–Kier alpha value is -1.72. The van der Waals surface area contributed by atoms with Crippen LogP contribution in [0.5, 0.6) is 5.75 Å². The van der Waals surface area contributed by atoms with Crippen LogP contribution >= 0.6 is 0 Å². The molecule has 1 aromatic rings. The summed E-state index contributed by atoms with van der Waals surface area (Å²) < 4.78 is 36.4. The van der Waals surface area contributed by atoms with E-state index in [0.29, 0.717) is 12.0 Å². The van der Waals surface area contributed by atoms with Gasteiger partial charge in [0, 0.05) is 13.1 Å². The van der Waals surface area contributed by atoms with E-state index in [1.165, 1.54) is 17.0 Å². The van der Waals surface area contributed by atoms with Gasteiger partial charge in [-0.05, 0) is 29.7 Å². The second kappa shape index (κ2) is 4.51. The van der Waals surface area contributed by atoms with Crippen molar-refractivity contribution in [1.82, 2.24) is 4.90 Å². The van der Waals surface area contributed by atoms with Gasteiger partial charge in [-0.1, -0.05) is 6.07 Å². The third kappa shape index (κ3) is 2.94. The summed E-state index contributed by atoms with van der Waals surface area (Å²) in [4.78, 5) is 12.6. The monoisotopic (exact) mass is 259 g/mol. The molecule has 1 N–H and O–H groups in total. The summed E-state index contributed by atoms with van der Waals surface area (Å²) in [6.45, 7) is 0.408. The number of phenolic OH excluding ortho intramolecular Hbond substituents is 1. The number of phenols is 1. The minimum absolute atomic E-state index is 0.0545. The van der Waals surface area contributed by atoms with E-state index >= 15 is 0 Å². The number of nitrogens with zero attached hydrogens (tertiary/aromatic N) is 1. The van der Waals surface area contributed by atoms with Gasteiger partial charge in [0.1, 0.15) is 12.2 Å². The molecule has 0 atom stereocenters. The number of rotatable bonds is 1. The highest BCUT2D eigenvalue weighted by molar-refractivity contribution is 5.77. The molecule has 2 rings (SSSR count). The lowest BCUT2D eigenvalue weighted by molar-refractivity contribution is -0.162. The molecule has 0 aliphatic carbocycles. The van der Waals surface area contributed by atoms with Crippen LogP contribution in [-0.4, -0.2) is 28.6 Å². The second-order valence-corrected chi connectivity index (χ2v) is 4.31. The number of hydrogen-bond acceptors (Lipinski definition) is 2. The van der Waals surface area contributed by atoms with Gasteiger partial charge in [0.25, 0.3) is 0 Å². The number of alkyl halides is 3. The van der Waals surface area contributed by atoms with Crippen LogP contribution in [0.4, 0.5) is 13.2 Å². The van der Waals surface area contributed by atoms with E-state index < -0.39 is 18.5 Å². The minimum atomic E-state index is -4.48. The van der Waals surface area contributed by atoms with Gasteiger partial charge in [0.2, 0.25) is 5.91 Å². The van der Waals surface area contributed by atoms with Gasteiger partial charge in [-0.3, -0.25) is 4.79 Å². The Labute approximate surface area is 102 Å². The number of amides is 1. The number of carbonyl (C=O) groups excluding carboxylic acids is 1. The third-order valence-electron chi connectivity index (χ3n) is 2.91. The lowest BCUT2D eigenvalue weighted by atomic mass is 9.99. The summed E-state index contributed by atoms with van der Waals surface area (Å²) >= 11 is 0. The summed E-state index contributed by atoms with van der Waals surface area (Å²) in [5.41, 5.74) is 1.67. The Morgan fingerprint density at radius 2 is 2.06 bits per heavy atom. The quantitative estimate of drug-likeness (QED) is 0.840. The van der Waals surface area contributed by atoms with Crippen molar-refractivity contribution in [1.29, 1.82) is 0 Å². The topological polar surface area (TPSA) is 40.5 Å². The summed E-state index contributed by atoms with van der Waals surface area (Å²) in [5, 5.41) is 9.32. The fourth-order valence-electron chi connectivity index (χ4n) is 2.04. The van der Waals surface area contributed by atoms with E-state index in [-0.39, 0.29) is 18.8 Å². The van der Waals surface area contributed by atoms with Crippen LogP contribution < -0.4 is 0 Å². The first-order valence-corrected chi connectivity index (χ1v) is 5.50. The maximum Gasteiger partial charge on any atom is 0.397 e. The standard InChI is InChI=1S/C12H12F3NO2/c13-12(14,15)6-11(18)16-4-3-8-1-2-10(17)5-9(8)7-16/h1-2,5,17H,3-4,6-7H2. The Morgan fingerprint density at radius 1 is 1.33 bits per heavy atom. The first-order chi connectivity index (χ1) is 8.35. The molecule has 0 saturated heterocycles. The zero-order chi connectivity index (χ0) is 13.3. The van der Waals surface area contributed by atoms with Crippen molar-refractivity contribution in [3.05, 3.63) is 29.3 Å². The molecule has 1 heterocycles. The summed E-state index contributed by atoms with van der Waals surface area (Å²) in [7, 11) is 0. The van der Waals surface area contributed by atoms with Crippen molar-refractivity contribution < 1.29 is 23.1 Å². The van der Waals surface area contributed by atoms with Crippen LogP contribution in [0, 0.1) is 0 Å². The van der Waals surface area contributed by atoms with Gasteiger partial charge in [0.15, 0.2) is 0 Å². The first-order valence-electron chi connectivity index (χ1n) is 5.50. The lowest BCUT2D eigenvalue weighted by Crippen LogP contribution is -2.38. The van der Waals surface area contributed by atoms with Crippen molar-refractivity contribution in [2.45, 2.75) is 25.6 Å². The van der Waals surface area contributed by atoms with E-state index in [9.17, 15) is 23.1 Å². The van der Waals surface area contributed by atoms with Gasteiger partial charge in [-0.2, -0.15) is 13.2 Å². The van der Waals surface area contributed by atoms with E-state index in [1.807, 2.05) is 0 Å². The van der Waals surface area contributed by atoms with Gasteiger partial charge in [-0.25, -0.2) is 0 Å². The maximum atomic E-state index is 12.1. The Balaban J connectivity index is 2.09. The van der Waals surface area contributed by atoms with Crippen molar-refractivity contribution in [2.24, 2.45) is 0 Å². The van der Waals surface area contributed by atoms with E-state index in [2.05, 4.69) is 0 Å². The molecule has 0 radical (unpaired) electrons. The van der Waals surface area contributed by atoms with Crippen LogP contribution in [0.2, 0.25) is 0 Å². The molecule has 0 aromatic heterocycles. The van der Waals surface area contributed by atoms with Crippen molar-refractivity contribution in [3.63, 3.8) is 0 Å². The Bertz CT molecular complexity index is 471. The van der Waals surface area contributed by atoms with Crippen molar-refractivity contribution >= 4 is 5.91 Å². The highest BCUT2D eigenvalue weighted by Gasteiger charge is 2.34. The predicted molar refractivity (Wildman–Crippen MR) is 57.9 cm³/mol. The van der Waals surface area contributed by atoms with Gasteiger partial charge in [0.05, 0.1) is 0 Å². The Kier molecular flexibility index (Phi) is 3.19. The molecular formula is C12H12F3NO2. The molecule has 18 heavy (non-hydrogen) atoms. The fraction of sp³-hybridized carbons (Fsp3) is 0.417. The largest absolute Gasteiger partial charge is 0.508 e. The number of carbonyl (C=O) groups is 1. The Morgan fingerprint density at radius 3 is 2.72 bits per heavy atom. The minimum Gasteiger partial charge on any atom is -0.508 e. The fourth-order valence-corrected chi connectivity index (χ4v) is 2.04. The molecule has 0 saturated carbocycles. The molecule has 3 nitrogen and oxygen atoms in total. The van der Waals surface area contributed by atoms with E-state index in [0.717, 1.165) is 5.56 Å². The molecule has 0 spiro atoms. The molecule has 0 fully saturated rings. The van der Waals surface area contributed by atoms with Crippen LogP contribution in [-0.2, 0) is 17.8 Å². The number of benzene rings is 1. The number of fused-ring (bicyclic) bond motifs is 1. The van der Waals surface area contributed by atoms with Crippen molar-refractivity contribution in [2.75, 3.05) is 6.54 Å². The van der Waals surface area contributed by atoms with Gasteiger partial charge < -0.3 is 10.0 Å². The molecule has 1 amide bonds. The highest BCUT2D eigenvalue weighted by Crippen LogP contribution is 2.26. The predicted octanol–water partition coefficient (Wildman–Crippen LogP) is 2.23. The van der Waals surface area contributed by atoms with Crippen LogP contribution in [0.1, 0.15) is 17.5 Å². The van der Waals surface area contributed by atoms with Gasteiger partial charge in [-0.15, -0.1) is 0 Å². The average molecular weight is 259 g/mol. The summed E-state index contributed by atoms with van der Waals surface area (Å²) in [6, 6.07) is 4.75. The lowest BCUT2D eigenvalue weighted by Gasteiger charge is -2.29. The molecule has 1 aliphatic rings.